The Labute approximate surface area is 122 Å². The maximum Gasteiger partial charge on any atom is 0.243 e. The molecule has 0 aromatic heterocycles. The lowest BCUT2D eigenvalue weighted by molar-refractivity contribution is 0.333. The molecule has 0 amide bonds. The Balaban J connectivity index is 2.95. The van der Waals surface area contributed by atoms with Crippen LogP contribution in [0.5, 0.6) is 0 Å². The summed E-state index contributed by atoms with van der Waals surface area (Å²) < 4.78 is 26.8. The number of sulfonamides is 1. The molecule has 1 aromatic rings. The lowest BCUT2D eigenvalue weighted by Crippen LogP contribution is -2.37. The van der Waals surface area contributed by atoms with Gasteiger partial charge in [0.25, 0.3) is 0 Å². The van der Waals surface area contributed by atoms with E-state index in [1.54, 1.807) is 28.6 Å². The third kappa shape index (κ3) is 4.56. The van der Waals surface area contributed by atoms with Gasteiger partial charge >= 0.3 is 0 Å². The Bertz CT molecular complexity index is 498. The first kappa shape index (κ1) is 17.1. The van der Waals surface area contributed by atoms with Gasteiger partial charge in [-0.25, -0.2) is 8.42 Å². The maximum atomic E-state index is 12.6. The summed E-state index contributed by atoms with van der Waals surface area (Å²) in [6.45, 7) is 4.14. The van der Waals surface area contributed by atoms with Crippen molar-refractivity contribution in [3.8, 4) is 0 Å². The first-order valence-corrected chi connectivity index (χ1v) is 8.29. The maximum absolute atomic E-state index is 12.6. The standard InChI is InChI=1S/C14H25N3O2S/c1-4-9-17(11-10-16(2)3)20(18,19)14-7-5-13(12-15)6-8-14/h5-8H,4,9-12,15H2,1-3H3. The van der Waals surface area contributed by atoms with Crippen molar-refractivity contribution < 1.29 is 8.42 Å². The molecule has 0 saturated carbocycles. The van der Waals surface area contributed by atoms with Crippen molar-refractivity contribution in [2.45, 2.75) is 24.8 Å². The van der Waals surface area contributed by atoms with E-state index in [1.165, 1.54) is 0 Å². The van der Waals surface area contributed by atoms with Gasteiger partial charge in [0, 0.05) is 26.2 Å². The Morgan fingerprint density at radius 3 is 2.10 bits per heavy atom. The van der Waals surface area contributed by atoms with Crippen LogP contribution in [0.1, 0.15) is 18.9 Å². The van der Waals surface area contributed by atoms with Crippen LogP contribution in [0.25, 0.3) is 0 Å². The van der Waals surface area contributed by atoms with Gasteiger partial charge in [0.05, 0.1) is 4.90 Å². The van der Waals surface area contributed by atoms with Crippen LogP contribution in [-0.4, -0.2) is 51.4 Å². The summed E-state index contributed by atoms with van der Waals surface area (Å²) in [5, 5.41) is 0. The average molecular weight is 299 g/mol. The molecule has 2 N–H and O–H groups in total. The van der Waals surface area contributed by atoms with E-state index >= 15 is 0 Å². The smallest absolute Gasteiger partial charge is 0.243 e. The van der Waals surface area contributed by atoms with Crippen molar-refractivity contribution in [2.75, 3.05) is 33.7 Å². The molecule has 114 valence electrons. The van der Waals surface area contributed by atoms with Gasteiger partial charge in [0.15, 0.2) is 0 Å². The minimum atomic E-state index is -3.42. The van der Waals surface area contributed by atoms with Crippen molar-refractivity contribution >= 4 is 10.0 Å². The fourth-order valence-corrected chi connectivity index (χ4v) is 3.38. The van der Waals surface area contributed by atoms with Gasteiger partial charge in [-0.2, -0.15) is 4.31 Å². The van der Waals surface area contributed by atoms with Gasteiger partial charge in [0.1, 0.15) is 0 Å². The summed E-state index contributed by atoms with van der Waals surface area (Å²) in [6.07, 6.45) is 0.799. The van der Waals surface area contributed by atoms with Crippen molar-refractivity contribution in [3.05, 3.63) is 29.8 Å². The molecule has 0 fully saturated rings. The van der Waals surface area contributed by atoms with E-state index in [0.29, 0.717) is 31.1 Å². The molecule has 0 spiro atoms. The molecule has 0 saturated heterocycles. The molecule has 0 unspecified atom stereocenters. The highest BCUT2D eigenvalue weighted by Gasteiger charge is 2.23. The van der Waals surface area contributed by atoms with Gasteiger partial charge in [-0.3, -0.25) is 0 Å². The van der Waals surface area contributed by atoms with Gasteiger partial charge in [-0.05, 0) is 38.2 Å². The van der Waals surface area contributed by atoms with Crippen LogP contribution >= 0.6 is 0 Å². The summed E-state index contributed by atoms with van der Waals surface area (Å²) in [5.74, 6) is 0. The number of nitrogens with two attached hydrogens (primary N) is 1. The Kier molecular flexibility index (Phi) is 6.61. The van der Waals surface area contributed by atoms with Crippen LogP contribution < -0.4 is 5.73 Å². The highest BCUT2D eigenvalue weighted by atomic mass is 32.2. The molecule has 0 aliphatic heterocycles. The largest absolute Gasteiger partial charge is 0.326 e. The minimum absolute atomic E-state index is 0.335. The van der Waals surface area contributed by atoms with E-state index in [-0.39, 0.29) is 0 Å². The number of benzene rings is 1. The minimum Gasteiger partial charge on any atom is -0.326 e. The summed E-state index contributed by atoms with van der Waals surface area (Å²) in [4.78, 5) is 2.32. The van der Waals surface area contributed by atoms with E-state index in [0.717, 1.165) is 12.0 Å². The van der Waals surface area contributed by atoms with Crippen LogP contribution in [0.2, 0.25) is 0 Å². The van der Waals surface area contributed by atoms with Crippen molar-refractivity contribution in [1.29, 1.82) is 0 Å². The molecule has 0 heterocycles. The fourth-order valence-electron chi connectivity index (χ4n) is 1.86. The zero-order valence-corrected chi connectivity index (χ0v) is 13.4. The zero-order chi connectivity index (χ0) is 15.2. The van der Waals surface area contributed by atoms with Crippen LogP contribution in [0.3, 0.4) is 0 Å². The van der Waals surface area contributed by atoms with E-state index in [1.807, 2.05) is 25.9 Å². The monoisotopic (exact) mass is 299 g/mol. The third-order valence-electron chi connectivity index (χ3n) is 3.07. The van der Waals surface area contributed by atoms with Crippen molar-refractivity contribution in [1.82, 2.24) is 9.21 Å². The number of hydrogen-bond acceptors (Lipinski definition) is 4. The van der Waals surface area contributed by atoms with E-state index < -0.39 is 10.0 Å². The predicted octanol–water partition coefficient (Wildman–Crippen LogP) is 1.11. The highest BCUT2D eigenvalue weighted by Crippen LogP contribution is 2.16. The van der Waals surface area contributed by atoms with Gasteiger partial charge in [-0.1, -0.05) is 19.1 Å². The Morgan fingerprint density at radius 1 is 1.05 bits per heavy atom. The van der Waals surface area contributed by atoms with Crippen LogP contribution in [0, 0.1) is 0 Å². The first-order valence-electron chi connectivity index (χ1n) is 6.85. The van der Waals surface area contributed by atoms with Crippen LogP contribution in [-0.2, 0) is 16.6 Å². The number of hydrogen-bond donors (Lipinski definition) is 1. The van der Waals surface area contributed by atoms with Gasteiger partial charge in [-0.15, -0.1) is 0 Å². The molecule has 5 nitrogen and oxygen atoms in total. The summed E-state index contributed by atoms with van der Waals surface area (Å²) >= 11 is 0. The first-order chi connectivity index (χ1) is 9.41. The molecule has 0 atom stereocenters. The van der Waals surface area contributed by atoms with E-state index in [9.17, 15) is 8.42 Å². The van der Waals surface area contributed by atoms with Gasteiger partial charge < -0.3 is 10.6 Å². The lowest BCUT2D eigenvalue weighted by Gasteiger charge is -2.23. The third-order valence-corrected chi connectivity index (χ3v) is 4.98. The molecule has 0 bridgehead atoms. The molecule has 1 aromatic carbocycles. The fraction of sp³-hybridized carbons (Fsp3) is 0.571. The average Bonchev–Trinajstić information content (AvgIpc) is 2.43. The summed E-state index contributed by atoms with van der Waals surface area (Å²) in [5.41, 5.74) is 6.46. The quantitative estimate of drug-likeness (QED) is 0.781. The molecular formula is C14H25N3O2S. The number of rotatable bonds is 8. The van der Waals surface area contributed by atoms with Crippen molar-refractivity contribution in [2.24, 2.45) is 5.73 Å². The molecule has 0 radical (unpaired) electrons. The van der Waals surface area contributed by atoms with E-state index in [2.05, 4.69) is 0 Å². The normalized spacial score (nSPS) is 12.3. The molecule has 1 rings (SSSR count). The zero-order valence-electron chi connectivity index (χ0n) is 12.5. The van der Waals surface area contributed by atoms with Crippen LogP contribution in [0.15, 0.2) is 29.2 Å². The SMILES string of the molecule is CCCN(CCN(C)C)S(=O)(=O)c1ccc(CN)cc1. The second-order valence-corrected chi connectivity index (χ2v) is 6.99. The van der Waals surface area contributed by atoms with Crippen LogP contribution in [0.4, 0.5) is 0 Å². The number of likely N-dealkylation sites (N-methyl/N-ethyl adjacent to an activating group) is 1. The molecule has 0 aliphatic rings. The lowest BCUT2D eigenvalue weighted by atomic mass is 10.2. The van der Waals surface area contributed by atoms with Gasteiger partial charge in [0.2, 0.25) is 10.0 Å². The molecule has 0 aliphatic carbocycles. The Hall–Kier alpha value is -0.950. The summed E-state index contributed by atoms with van der Waals surface area (Å²) in [6, 6.07) is 6.80. The van der Waals surface area contributed by atoms with Crippen molar-refractivity contribution in [3.63, 3.8) is 0 Å². The molecular weight excluding hydrogens is 274 g/mol. The van der Waals surface area contributed by atoms with E-state index in [4.69, 9.17) is 5.73 Å². The predicted molar refractivity (Wildman–Crippen MR) is 81.9 cm³/mol. The molecule has 20 heavy (non-hydrogen) atoms. The second-order valence-electron chi connectivity index (χ2n) is 5.06. The number of nitrogens with zero attached hydrogens (tertiary/aromatic N) is 2. The highest BCUT2D eigenvalue weighted by molar-refractivity contribution is 7.89. The topological polar surface area (TPSA) is 66.6 Å². The summed E-state index contributed by atoms with van der Waals surface area (Å²) in [7, 11) is 0.457. The Morgan fingerprint density at radius 2 is 1.65 bits per heavy atom. The second kappa shape index (κ2) is 7.73. The molecule has 6 heteroatoms.